The number of benzene rings is 2. The first kappa shape index (κ1) is 21.3. The molecule has 0 radical (unpaired) electrons. The van der Waals surface area contributed by atoms with Crippen LogP contribution in [0.5, 0.6) is 0 Å². The van der Waals surface area contributed by atoms with Gasteiger partial charge in [-0.25, -0.2) is 8.42 Å². The molecule has 0 bridgehead atoms. The molecule has 1 unspecified atom stereocenters. The highest BCUT2D eigenvalue weighted by Gasteiger charge is 2.32. The van der Waals surface area contributed by atoms with Crippen molar-refractivity contribution < 1.29 is 17.9 Å². The van der Waals surface area contributed by atoms with E-state index in [0.29, 0.717) is 30.8 Å². The van der Waals surface area contributed by atoms with E-state index in [-0.39, 0.29) is 18.1 Å². The lowest BCUT2D eigenvalue weighted by molar-refractivity contribution is 0.0657. The first-order chi connectivity index (χ1) is 13.6. The standard InChI is InChI=1S/C22H28N2O4S/c1-15(2)28-14-18-7-5-6-17(11-18)13-23-22(25)19-8-9-21-20(12-19)10-16(3)24(21)29(4,26)27/h5-9,11-12,15-16H,10,13-14H2,1-4H3,(H,23,25). The van der Waals surface area contributed by atoms with Gasteiger partial charge in [0, 0.05) is 18.2 Å². The minimum atomic E-state index is -3.34. The highest BCUT2D eigenvalue weighted by molar-refractivity contribution is 7.92. The number of amides is 1. The molecule has 1 aliphatic heterocycles. The average molecular weight is 417 g/mol. The van der Waals surface area contributed by atoms with Gasteiger partial charge in [-0.15, -0.1) is 0 Å². The number of nitrogens with one attached hydrogen (secondary N) is 1. The summed E-state index contributed by atoms with van der Waals surface area (Å²) in [7, 11) is -3.34. The van der Waals surface area contributed by atoms with Crippen LogP contribution in [0.25, 0.3) is 0 Å². The van der Waals surface area contributed by atoms with Gasteiger partial charge in [0.05, 0.1) is 24.7 Å². The van der Waals surface area contributed by atoms with E-state index in [1.54, 1.807) is 18.2 Å². The van der Waals surface area contributed by atoms with Crippen molar-refractivity contribution in [3.05, 3.63) is 64.7 Å². The molecule has 0 saturated heterocycles. The number of hydrogen-bond acceptors (Lipinski definition) is 4. The number of carbonyl (C=O) groups excluding carboxylic acids is 1. The zero-order valence-electron chi connectivity index (χ0n) is 17.3. The van der Waals surface area contributed by atoms with E-state index < -0.39 is 10.0 Å². The van der Waals surface area contributed by atoms with Crippen LogP contribution in [0.15, 0.2) is 42.5 Å². The Morgan fingerprint density at radius 2 is 1.93 bits per heavy atom. The average Bonchev–Trinajstić information content (AvgIpc) is 2.99. The van der Waals surface area contributed by atoms with E-state index in [4.69, 9.17) is 4.74 Å². The van der Waals surface area contributed by atoms with E-state index in [1.807, 2.05) is 45.0 Å². The molecule has 3 rings (SSSR count). The van der Waals surface area contributed by atoms with Crippen molar-refractivity contribution >= 4 is 21.6 Å². The molecule has 0 saturated carbocycles. The van der Waals surface area contributed by atoms with Gasteiger partial charge in [0.25, 0.3) is 5.91 Å². The number of hydrogen-bond donors (Lipinski definition) is 1. The number of carbonyl (C=O) groups is 1. The van der Waals surface area contributed by atoms with Crippen molar-refractivity contribution in [2.45, 2.75) is 52.5 Å². The SMILES string of the molecule is CC(C)OCc1cccc(CNC(=O)c2ccc3c(c2)CC(C)N3S(C)(=O)=O)c1. The molecule has 0 aliphatic carbocycles. The fourth-order valence-electron chi connectivity index (χ4n) is 3.63. The van der Waals surface area contributed by atoms with E-state index in [1.165, 1.54) is 10.6 Å². The molecule has 1 aliphatic rings. The molecule has 1 amide bonds. The summed E-state index contributed by atoms with van der Waals surface area (Å²) >= 11 is 0. The third-order valence-corrected chi connectivity index (χ3v) is 6.15. The molecular formula is C22H28N2O4S. The highest BCUT2D eigenvalue weighted by Crippen LogP contribution is 2.34. The quantitative estimate of drug-likeness (QED) is 0.752. The van der Waals surface area contributed by atoms with Crippen LogP contribution in [-0.4, -0.2) is 32.7 Å². The normalized spacial score (nSPS) is 16.2. The number of sulfonamides is 1. The zero-order valence-corrected chi connectivity index (χ0v) is 18.1. The van der Waals surface area contributed by atoms with E-state index in [9.17, 15) is 13.2 Å². The molecule has 0 spiro atoms. The van der Waals surface area contributed by atoms with Crippen LogP contribution < -0.4 is 9.62 Å². The first-order valence-corrected chi connectivity index (χ1v) is 11.6. The summed E-state index contributed by atoms with van der Waals surface area (Å²) in [6.45, 7) is 6.82. The van der Waals surface area contributed by atoms with Crippen molar-refractivity contribution in [3.63, 3.8) is 0 Å². The second kappa shape index (κ2) is 8.55. The molecule has 7 heteroatoms. The largest absolute Gasteiger partial charge is 0.374 e. The van der Waals surface area contributed by atoms with Crippen molar-refractivity contribution in [3.8, 4) is 0 Å². The van der Waals surface area contributed by atoms with Gasteiger partial charge in [-0.2, -0.15) is 0 Å². The Hall–Kier alpha value is -2.38. The number of anilines is 1. The van der Waals surface area contributed by atoms with E-state index in [0.717, 1.165) is 16.7 Å². The Morgan fingerprint density at radius 3 is 2.62 bits per heavy atom. The summed E-state index contributed by atoms with van der Waals surface area (Å²) in [6, 6.07) is 13.0. The third-order valence-electron chi connectivity index (χ3n) is 4.88. The second-order valence-electron chi connectivity index (χ2n) is 7.82. The molecule has 2 aromatic rings. The lowest BCUT2D eigenvalue weighted by Gasteiger charge is -2.21. The fraction of sp³-hybridized carbons (Fsp3) is 0.409. The fourth-order valence-corrected chi connectivity index (χ4v) is 4.89. The van der Waals surface area contributed by atoms with E-state index >= 15 is 0 Å². The van der Waals surface area contributed by atoms with Crippen LogP contribution in [0.3, 0.4) is 0 Å². The minimum absolute atomic E-state index is 0.144. The number of ether oxygens (including phenoxy) is 1. The first-order valence-electron chi connectivity index (χ1n) is 9.75. The summed E-state index contributed by atoms with van der Waals surface area (Å²) in [5, 5.41) is 2.94. The van der Waals surface area contributed by atoms with Crippen molar-refractivity contribution in [2.75, 3.05) is 10.6 Å². The summed E-state index contributed by atoms with van der Waals surface area (Å²) in [4.78, 5) is 12.6. The molecule has 29 heavy (non-hydrogen) atoms. The monoisotopic (exact) mass is 416 g/mol. The van der Waals surface area contributed by atoms with Gasteiger partial charge in [-0.1, -0.05) is 24.3 Å². The maximum absolute atomic E-state index is 12.6. The van der Waals surface area contributed by atoms with Crippen LogP contribution in [0, 0.1) is 0 Å². The van der Waals surface area contributed by atoms with Gasteiger partial charge >= 0.3 is 0 Å². The third kappa shape index (κ3) is 5.16. The van der Waals surface area contributed by atoms with Crippen LogP contribution in [0.1, 0.15) is 47.8 Å². The molecular weight excluding hydrogens is 388 g/mol. The summed E-state index contributed by atoms with van der Waals surface area (Å²) < 4.78 is 31.1. The Morgan fingerprint density at radius 1 is 1.21 bits per heavy atom. The molecule has 0 aromatic heterocycles. The van der Waals surface area contributed by atoms with Crippen molar-refractivity contribution in [1.82, 2.24) is 5.32 Å². The lowest BCUT2D eigenvalue weighted by Crippen LogP contribution is -2.34. The van der Waals surface area contributed by atoms with Crippen LogP contribution >= 0.6 is 0 Å². The molecule has 1 heterocycles. The predicted molar refractivity (Wildman–Crippen MR) is 114 cm³/mol. The van der Waals surface area contributed by atoms with Gasteiger partial charge in [-0.3, -0.25) is 9.10 Å². The molecule has 6 nitrogen and oxygen atoms in total. The summed E-state index contributed by atoms with van der Waals surface area (Å²) in [5.41, 5.74) is 4.14. The highest BCUT2D eigenvalue weighted by atomic mass is 32.2. The second-order valence-corrected chi connectivity index (χ2v) is 9.68. The zero-order chi connectivity index (χ0) is 21.2. The molecule has 1 atom stereocenters. The lowest BCUT2D eigenvalue weighted by atomic mass is 10.1. The number of rotatable bonds is 7. The number of nitrogens with zero attached hydrogens (tertiary/aromatic N) is 1. The summed E-state index contributed by atoms with van der Waals surface area (Å²) in [6.07, 6.45) is 1.97. The summed E-state index contributed by atoms with van der Waals surface area (Å²) in [5.74, 6) is -0.179. The maximum atomic E-state index is 12.6. The van der Waals surface area contributed by atoms with Gasteiger partial charge in [-0.05, 0) is 62.1 Å². The molecule has 0 fully saturated rings. The van der Waals surface area contributed by atoms with Gasteiger partial charge in [0.1, 0.15) is 0 Å². The van der Waals surface area contributed by atoms with Gasteiger partial charge < -0.3 is 10.1 Å². The topological polar surface area (TPSA) is 75.7 Å². The molecule has 1 N–H and O–H groups in total. The molecule has 2 aromatic carbocycles. The smallest absolute Gasteiger partial charge is 0.251 e. The van der Waals surface area contributed by atoms with Crippen LogP contribution in [0.4, 0.5) is 5.69 Å². The van der Waals surface area contributed by atoms with Crippen molar-refractivity contribution in [1.29, 1.82) is 0 Å². The van der Waals surface area contributed by atoms with Crippen LogP contribution in [-0.2, 0) is 34.3 Å². The Labute approximate surface area is 172 Å². The van der Waals surface area contributed by atoms with Crippen molar-refractivity contribution in [2.24, 2.45) is 0 Å². The maximum Gasteiger partial charge on any atom is 0.251 e. The minimum Gasteiger partial charge on any atom is -0.374 e. The Bertz CT molecular complexity index is 1000. The van der Waals surface area contributed by atoms with Gasteiger partial charge in [0.2, 0.25) is 10.0 Å². The Kier molecular flexibility index (Phi) is 6.29. The van der Waals surface area contributed by atoms with Crippen LogP contribution in [0.2, 0.25) is 0 Å². The van der Waals surface area contributed by atoms with Gasteiger partial charge in [0.15, 0.2) is 0 Å². The predicted octanol–water partition coefficient (Wildman–Crippen LogP) is 3.25. The molecule has 156 valence electrons. The van der Waals surface area contributed by atoms with E-state index in [2.05, 4.69) is 5.32 Å². The number of fused-ring (bicyclic) bond motifs is 1. The Balaban J connectivity index is 1.67.